The number of carbonyl (C=O) groups is 1. The largest absolute Gasteiger partial charge is 0.469 e. The van der Waals surface area contributed by atoms with Gasteiger partial charge in [-0.15, -0.1) is 0 Å². The lowest BCUT2D eigenvalue weighted by molar-refractivity contribution is -0.141. The molecule has 0 saturated carbocycles. The molecule has 0 rings (SSSR count). The summed E-state index contributed by atoms with van der Waals surface area (Å²) >= 11 is 0. The maximum Gasteiger partial charge on any atom is 0.306 e. The predicted molar refractivity (Wildman–Crippen MR) is 54.4 cm³/mol. The van der Waals surface area contributed by atoms with E-state index in [1.54, 1.807) is 0 Å². The van der Waals surface area contributed by atoms with E-state index in [9.17, 15) is 4.79 Å². The summed E-state index contributed by atoms with van der Waals surface area (Å²) < 4.78 is 4.63. The Labute approximate surface area is 81.0 Å². The summed E-state index contributed by atoms with van der Waals surface area (Å²) in [5.74, 6) is 0.565. The lowest BCUT2D eigenvalue weighted by atomic mass is 9.87. The molecule has 0 amide bonds. The average molecular weight is 184 g/mol. The van der Waals surface area contributed by atoms with Crippen molar-refractivity contribution in [3.63, 3.8) is 0 Å². The average Bonchev–Trinajstić information content (AvgIpc) is 2.12. The van der Waals surface area contributed by atoms with E-state index in [4.69, 9.17) is 0 Å². The van der Waals surface area contributed by atoms with Gasteiger partial charge in [-0.1, -0.05) is 32.9 Å². The predicted octanol–water partition coefficient (Wildman–Crippen LogP) is 2.79. The van der Waals surface area contributed by atoms with Crippen LogP contribution < -0.4 is 0 Å². The van der Waals surface area contributed by atoms with E-state index in [2.05, 4.69) is 32.1 Å². The van der Waals surface area contributed by atoms with Crippen LogP contribution in [0.3, 0.4) is 0 Å². The summed E-state index contributed by atoms with van der Waals surface area (Å²) in [6.45, 7) is 10.3. The Hall–Kier alpha value is -0.790. The normalized spacial score (nSPS) is 12.7. The second-order valence-electron chi connectivity index (χ2n) is 3.62. The molecule has 0 fully saturated rings. The molecule has 0 aromatic carbocycles. The van der Waals surface area contributed by atoms with Crippen LogP contribution in [0.15, 0.2) is 12.2 Å². The summed E-state index contributed by atoms with van der Waals surface area (Å²) in [5.41, 5.74) is 1.15. The number of hydrogen-bond donors (Lipinski definition) is 0. The highest BCUT2D eigenvalue weighted by molar-refractivity contribution is 5.69. The van der Waals surface area contributed by atoms with Crippen LogP contribution in [0.25, 0.3) is 0 Å². The van der Waals surface area contributed by atoms with Crippen LogP contribution in [0.2, 0.25) is 0 Å². The molecule has 0 aliphatic heterocycles. The first-order chi connectivity index (χ1) is 6.02. The third kappa shape index (κ3) is 4.11. The third-order valence-corrected chi connectivity index (χ3v) is 2.40. The van der Waals surface area contributed by atoms with E-state index in [0.29, 0.717) is 12.3 Å². The molecule has 2 nitrogen and oxygen atoms in total. The Balaban J connectivity index is 4.18. The van der Waals surface area contributed by atoms with E-state index < -0.39 is 0 Å². The molecule has 0 bridgehead atoms. The molecule has 0 aliphatic carbocycles. The van der Waals surface area contributed by atoms with Gasteiger partial charge in [-0.2, -0.15) is 0 Å². The van der Waals surface area contributed by atoms with Crippen molar-refractivity contribution >= 4 is 5.97 Å². The Bertz CT molecular complexity index is 183. The van der Waals surface area contributed by atoms with Gasteiger partial charge in [-0.3, -0.25) is 4.79 Å². The van der Waals surface area contributed by atoms with Crippen molar-refractivity contribution in [2.75, 3.05) is 7.11 Å². The highest BCUT2D eigenvalue weighted by Gasteiger charge is 2.17. The van der Waals surface area contributed by atoms with Crippen LogP contribution in [0.5, 0.6) is 0 Å². The minimum absolute atomic E-state index is 0.145. The number of rotatable bonds is 5. The summed E-state index contributed by atoms with van der Waals surface area (Å²) in [4.78, 5) is 11.0. The van der Waals surface area contributed by atoms with Crippen LogP contribution in [0.1, 0.15) is 33.6 Å². The molecular formula is C11H20O2. The van der Waals surface area contributed by atoms with Crippen LogP contribution in [-0.4, -0.2) is 13.1 Å². The first-order valence-corrected chi connectivity index (χ1v) is 4.78. The van der Waals surface area contributed by atoms with Crippen molar-refractivity contribution in [1.29, 1.82) is 0 Å². The van der Waals surface area contributed by atoms with Gasteiger partial charge >= 0.3 is 5.97 Å². The van der Waals surface area contributed by atoms with Crippen molar-refractivity contribution in [3.8, 4) is 0 Å². The molecule has 1 unspecified atom stereocenters. The van der Waals surface area contributed by atoms with E-state index in [1.165, 1.54) is 7.11 Å². The van der Waals surface area contributed by atoms with Crippen LogP contribution in [-0.2, 0) is 9.53 Å². The van der Waals surface area contributed by atoms with Crippen LogP contribution in [0, 0.1) is 11.8 Å². The number of allylic oxidation sites excluding steroid dienone is 1. The van der Waals surface area contributed by atoms with Crippen molar-refractivity contribution in [2.45, 2.75) is 33.6 Å². The molecule has 0 aromatic rings. The van der Waals surface area contributed by atoms with E-state index in [-0.39, 0.29) is 11.9 Å². The highest BCUT2D eigenvalue weighted by Crippen LogP contribution is 2.24. The zero-order valence-corrected chi connectivity index (χ0v) is 9.09. The van der Waals surface area contributed by atoms with Crippen LogP contribution >= 0.6 is 0 Å². The van der Waals surface area contributed by atoms with Crippen LogP contribution in [0.4, 0.5) is 0 Å². The molecule has 76 valence electrons. The van der Waals surface area contributed by atoms with Gasteiger partial charge in [0.15, 0.2) is 0 Å². The molecule has 0 N–H and O–H groups in total. The van der Waals surface area contributed by atoms with Gasteiger partial charge in [0, 0.05) is 0 Å². The fourth-order valence-electron chi connectivity index (χ4n) is 1.29. The number of esters is 1. The van der Waals surface area contributed by atoms with Gasteiger partial charge in [0.05, 0.1) is 13.5 Å². The maximum atomic E-state index is 11.0. The van der Waals surface area contributed by atoms with Gasteiger partial charge in [-0.05, 0) is 18.3 Å². The zero-order valence-electron chi connectivity index (χ0n) is 9.09. The molecule has 2 heteroatoms. The molecule has 0 heterocycles. The van der Waals surface area contributed by atoms with Crippen molar-refractivity contribution in [3.05, 3.63) is 12.2 Å². The fraction of sp³-hybridized carbons (Fsp3) is 0.727. The Morgan fingerprint density at radius 2 is 2.00 bits per heavy atom. The Morgan fingerprint density at radius 1 is 1.46 bits per heavy atom. The van der Waals surface area contributed by atoms with Gasteiger partial charge in [0.1, 0.15) is 0 Å². The molecular weight excluding hydrogens is 164 g/mol. The quantitative estimate of drug-likeness (QED) is 0.485. The second-order valence-corrected chi connectivity index (χ2v) is 3.62. The van der Waals surface area contributed by atoms with Gasteiger partial charge in [-0.25, -0.2) is 0 Å². The van der Waals surface area contributed by atoms with Gasteiger partial charge in [0.2, 0.25) is 0 Å². The molecule has 0 aliphatic rings. The Kier molecular flexibility index (Phi) is 5.44. The summed E-state index contributed by atoms with van der Waals surface area (Å²) in [5, 5.41) is 0. The molecule has 0 aromatic heterocycles. The minimum atomic E-state index is -0.145. The molecule has 0 radical (unpaired) electrons. The molecule has 13 heavy (non-hydrogen) atoms. The highest BCUT2D eigenvalue weighted by atomic mass is 16.5. The Morgan fingerprint density at radius 3 is 2.31 bits per heavy atom. The van der Waals surface area contributed by atoms with Gasteiger partial charge < -0.3 is 4.74 Å². The van der Waals surface area contributed by atoms with E-state index in [0.717, 1.165) is 12.0 Å². The number of methoxy groups -OCH3 is 1. The van der Waals surface area contributed by atoms with E-state index in [1.807, 2.05) is 0 Å². The first kappa shape index (κ1) is 12.2. The second kappa shape index (κ2) is 5.79. The van der Waals surface area contributed by atoms with Crippen molar-refractivity contribution in [1.82, 2.24) is 0 Å². The first-order valence-electron chi connectivity index (χ1n) is 4.78. The lowest BCUT2D eigenvalue weighted by Gasteiger charge is -2.19. The summed E-state index contributed by atoms with van der Waals surface area (Å²) in [6, 6.07) is 0. The van der Waals surface area contributed by atoms with E-state index >= 15 is 0 Å². The summed E-state index contributed by atoms with van der Waals surface area (Å²) in [7, 11) is 1.42. The smallest absolute Gasteiger partial charge is 0.306 e. The number of carbonyl (C=O) groups excluding carboxylic acids is 1. The number of hydrogen-bond acceptors (Lipinski definition) is 2. The number of ether oxygens (including phenoxy) is 1. The lowest BCUT2D eigenvalue weighted by Crippen LogP contribution is -2.13. The topological polar surface area (TPSA) is 26.3 Å². The zero-order chi connectivity index (χ0) is 10.4. The van der Waals surface area contributed by atoms with Crippen molar-refractivity contribution < 1.29 is 9.53 Å². The maximum absolute atomic E-state index is 11.0. The summed E-state index contributed by atoms with van der Waals surface area (Å²) in [6.07, 6.45) is 1.41. The molecule has 0 spiro atoms. The van der Waals surface area contributed by atoms with Gasteiger partial charge in [0.25, 0.3) is 0 Å². The fourth-order valence-corrected chi connectivity index (χ4v) is 1.29. The molecule has 0 saturated heterocycles. The monoisotopic (exact) mass is 184 g/mol. The minimum Gasteiger partial charge on any atom is -0.469 e. The van der Waals surface area contributed by atoms with Crippen molar-refractivity contribution in [2.24, 2.45) is 11.8 Å². The third-order valence-electron chi connectivity index (χ3n) is 2.40. The standard InChI is InChI=1S/C11H20O2/c1-6-10(7-11(12)13-5)9(4)8(2)3/h8,10H,4,6-7H2,1-3,5H3. The molecule has 1 atom stereocenters. The SMILES string of the molecule is C=C(C(C)C)C(CC)CC(=O)OC.